The number of amides is 2. The average Bonchev–Trinajstić information content (AvgIpc) is 2.35. The lowest BCUT2D eigenvalue weighted by molar-refractivity contribution is -0.139. The zero-order valence-corrected chi connectivity index (χ0v) is 11.5. The van der Waals surface area contributed by atoms with Gasteiger partial charge < -0.3 is 15.7 Å². The van der Waals surface area contributed by atoms with E-state index in [0.29, 0.717) is 13.0 Å². The van der Waals surface area contributed by atoms with Crippen molar-refractivity contribution in [3.8, 4) is 0 Å². The van der Waals surface area contributed by atoms with Crippen molar-refractivity contribution in [2.75, 3.05) is 0 Å². The summed E-state index contributed by atoms with van der Waals surface area (Å²) in [5, 5.41) is 13.8. The molecular formula is C12H15BrN2O3. The summed E-state index contributed by atoms with van der Waals surface area (Å²) in [5.74, 6) is -1.03. The number of benzene rings is 1. The van der Waals surface area contributed by atoms with Gasteiger partial charge in [0.25, 0.3) is 0 Å². The molecule has 0 bridgehead atoms. The number of carbonyl (C=O) groups excluding carboxylic acids is 1. The minimum atomic E-state index is -1.03. The Morgan fingerprint density at radius 2 is 1.94 bits per heavy atom. The second kappa shape index (κ2) is 7.00. The monoisotopic (exact) mass is 314 g/mol. The van der Waals surface area contributed by atoms with Gasteiger partial charge in [-0.15, -0.1) is 0 Å². The van der Waals surface area contributed by atoms with Gasteiger partial charge in [-0.25, -0.2) is 9.59 Å². The summed E-state index contributed by atoms with van der Waals surface area (Å²) in [6.45, 7) is 2.06. The van der Waals surface area contributed by atoms with Crippen LogP contribution < -0.4 is 10.6 Å². The van der Waals surface area contributed by atoms with Crippen LogP contribution in [0.15, 0.2) is 28.7 Å². The number of nitrogens with one attached hydrogen (secondary N) is 2. The number of carboxylic acid groups (broad SMARTS) is 1. The van der Waals surface area contributed by atoms with Crippen LogP contribution in [0, 0.1) is 0 Å². The molecule has 0 aliphatic carbocycles. The first-order valence-corrected chi connectivity index (χ1v) is 6.34. The lowest BCUT2D eigenvalue weighted by atomic mass is 10.2. The van der Waals surface area contributed by atoms with E-state index < -0.39 is 18.0 Å². The quantitative estimate of drug-likeness (QED) is 0.779. The zero-order chi connectivity index (χ0) is 13.5. The van der Waals surface area contributed by atoms with Gasteiger partial charge in [0.05, 0.1) is 0 Å². The third kappa shape index (κ3) is 4.75. The summed E-state index contributed by atoms with van der Waals surface area (Å²) in [5.41, 5.74) is 0.941. The molecule has 0 aromatic heterocycles. The lowest BCUT2D eigenvalue weighted by Crippen LogP contribution is -2.45. The Hall–Kier alpha value is -1.56. The summed E-state index contributed by atoms with van der Waals surface area (Å²) >= 11 is 3.32. The fourth-order valence-electron chi connectivity index (χ4n) is 1.33. The molecule has 0 spiro atoms. The number of carboxylic acids is 1. The molecule has 0 unspecified atom stereocenters. The molecule has 0 heterocycles. The molecule has 3 N–H and O–H groups in total. The van der Waals surface area contributed by atoms with Crippen LogP contribution in [0.25, 0.3) is 0 Å². The van der Waals surface area contributed by atoms with Gasteiger partial charge in [0.2, 0.25) is 0 Å². The Balaban J connectivity index is 2.41. The molecule has 1 aromatic carbocycles. The van der Waals surface area contributed by atoms with Crippen molar-refractivity contribution in [2.45, 2.75) is 25.9 Å². The topological polar surface area (TPSA) is 78.4 Å². The minimum Gasteiger partial charge on any atom is -0.480 e. The number of urea groups is 1. The Morgan fingerprint density at radius 3 is 2.44 bits per heavy atom. The number of rotatable bonds is 5. The first-order valence-electron chi connectivity index (χ1n) is 5.54. The molecule has 0 radical (unpaired) electrons. The first kappa shape index (κ1) is 14.5. The van der Waals surface area contributed by atoms with Crippen molar-refractivity contribution >= 4 is 27.9 Å². The molecule has 1 rings (SSSR count). The predicted molar refractivity (Wildman–Crippen MR) is 71.2 cm³/mol. The fourth-order valence-corrected chi connectivity index (χ4v) is 1.60. The van der Waals surface area contributed by atoms with E-state index in [-0.39, 0.29) is 0 Å². The molecule has 98 valence electrons. The van der Waals surface area contributed by atoms with Gasteiger partial charge in [-0.3, -0.25) is 0 Å². The van der Waals surface area contributed by atoms with E-state index in [4.69, 9.17) is 5.11 Å². The summed E-state index contributed by atoms with van der Waals surface area (Å²) in [7, 11) is 0. The van der Waals surface area contributed by atoms with Crippen molar-refractivity contribution in [3.05, 3.63) is 34.3 Å². The van der Waals surface area contributed by atoms with E-state index in [0.717, 1.165) is 10.0 Å². The fraction of sp³-hybridized carbons (Fsp3) is 0.333. The van der Waals surface area contributed by atoms with Gasteiger partial charge in [-0.1, -0.05) is 35.0 Å². The van der Waals surface area contributed by atoms with Crippen LogP contribution in [0.3, 0.4) is 0 Å². The second-order valence-electron chi connectivity index (χ2n) is 3.75. The van der Waals surface area contributed by atoms with Crippen LogP contribution in [-0.2, 0) is 11.3 Å². The van der Waals surface area contributed by atoms with Crippen LogP contribution in [0.2, 0.25) is 0 Å². The summed E-state index contributed by atoms with van der Waals surface area (Å²) < 4.78 is 0.965. The van der Waals surface area contributed by atoms with Crippen molar-refractivity contribution < 1.29 is 14.7 Å². The normalized spacial score (nSPS) is 11.7. The zero-order valence-electron chi connectivity index (χ0n) is 9.94. The first-order chi connectivity index (χ1) is 8.52. The maximum absolute atomic E-state index is 11.5. The van der Waals surface area contributed by atoms with Gasteiger partial charge in [0.15, 0.2) is 0 Å². The third-order valence-corrected chi connectivity index (χ3v) is 2.91. The highest BCUT2D eigenvalue weighted by atomic mass is 79.9. The van der Waals surface area contributed by atoms with Crippen molar-refractivity contribution in [1.82, 2.24) is 10.6 Å². The smallest absolute Gasteiger partial charge is 0.326 e. The SMILES string of the molecule is CC[C@@H](NC(=O)NCc1ccc(Br)cc1)C(=O)O. The second-order valence-corrected chi connectivity index (χ2v) is 4.67. The van der Waals surface area contributed by atoms with E-state index in [1.54, 1.807) is 6.92 Å². The van der Waals surface area contributed by atoms with E-state index >= 15 is 0 Å². The number of carbonyl (C=O) groups is 2. The molecule has 18 heavy (non-hydrogen) atoms. The maximum atomic E-state index is 11.5. The average molecular weight is 315 g/mol. The highest BCUT2D eigenvalue weighted by Crippen LogP contribution is 2.10. The summed E-state index contributed by atoms with van der Waals surface area (Å²) in [4.78, 5) is 22.2. The molecular weight excluding hydrogens is 300 g/mol. The number of hydrogen-bond donors (Lipinski definition) is 3. The van der Waals surface area contributed by atoms with Crippen LogP contribution in [0.5, 0.6) is 0 Å². The van der Waals surface area contributed by atoms with Crippen LogP contribution in [-0.4, -0.2) is 23.1 Å². The van der Waals surface area contributed by atoms with Gasteiger partial charge in [-0.2, -0.15) is 0 Å². The van der Waals surface area contributed by atoms with E-state index in [9.17, 15) is 9.59 Å². The predicted octanol–water partition coefficient (Wildman–Crippen LogP) is 2.11. The standard InChI is InChI=1S/C12H15BrN2O3/c1-2-10(11(16)17)15-12(18)14-7-8-3-5-9(13)6-4-8/h3-6,10H,2,7H2,1H3,(H,16,17)(H2,14,15,18)/t10-/m1/s1. The third-order valence-electron chi connectivity index (χ3n) is 2.38. The maximum Gasteiger partial charge on any atom is 0.326 e. The Labute approximate surface area is 114 Å². The number of hydrogen-bond acceptors (Lipinski definition) is 2. The molecule has 0 aliphatic heterocycles. The molecule has 0 saturated carbocycles. The molecule has 0 saturated heterocycles. The molecule has 5 nitrogen and oxygen atoms in total. The summed E-state index contributed by atoms with van der Waals surface area (Å²) in [6.07, 6.45) is 0.348. The van der Waals surface area contributed by atoms with Crippen LogP contribution in [0.4, 0.5) is 4.79 Å². The van der Waals surface area contributed by atoms with Crippen LogP contribution >= 0.6 is 15.9 Å². The van der Waals surface area contributed by atoms with E-state index in [1.807, 2.05) is 24.3 Å². The highest BCUT2D eigenvalue weighted by Gasteiger charge is 2.16. The van der Waals surface area contributed by atoms with Gasteiger partial charge >= 0.3 is 12.0 Å². The Morgan fingerprint density at radius 1 is 1.33 bits per heavy atom. The molecule has 6 heteroatoms. The van der Waals surface area contributed by atoms with Crippen molar-refractivity contribution in [3.63, 3.8) is 0 Å². The number of aliphatic carboxylic acids is 1. The van der Waals surface area contributed by atoms with Crippen LogP contribution in [0.1, 0.15) is 18.9 Å². The summed E-state index contributed by atoms with van der Waals surface area (Å²) in [6, 6.07) is 6.17. The molecule has 0 fully saturated rings. The van der Waals surface area contributed by atoms with Gasteiger partial charge in [0.1, 0.15) is 6.04 Å². The minimum absolute atomic E-state index is 0.348. The molecule has 1 aromatic rings. The lowest BCUT2D eigenvalue weighted by Gasteiger charge is -2.13. The Kier molecular flexibility index (Phi) is 5.64. The van der Waals surface area contributed by atoms with Crippen molar-refractivity contribution in [2.24, 2.45) is 0 Å². The molecule has 1 atom stereocenters. The molecule has 0 aliphatic rings. The largest absolute Gasteiger partial charge is 0.480 e. The van der Waals surface area contributed by atoms with E-state index in [2.05, 4.69) is 26.6 Å². The Bertz CT molecular complexity index is 420. The molecule has 2 amide bonds. The van der Waals surface area contributed by atoms with Crippen molar-refractivity contribution in [1.29, 1.82) is 0 Å². The number of halogens is 1. The van der Waals surface area contributed by atoms with Gasteiger partial charge in [-0.05, 0) is 24.1 Å². The van der Waals surface area contributed by atoms with E-state index in [1.165, 1.54) is 0 Å². The van der Waals surface area contributed by atoms with Gasteiger partial charge in [0, 0.05) is 11.0 Å². The highest BCUT2D eigenvalue weighted by molar-refractivity contribution is 9.10.